The third-order valence-electron chi connectivity index (χ3n) is 3.72. The summed E-state index contributed by atoms with van der Waals surface area (Å²) in [7, 11) is 2.87. The van der Waals surface area contributed by atoms with Crippen molar-refractivity contribution in [1.29, 1.82) is 0 Å². The third-order valence-corrected chi connectivity index (χ3v) is 4.12. The van der Waals surface area contributed by atoms with E-state index in [9.17, 15) is 9.59 Å². The van der Waals surface area contributed by atoms with Crippen LogP contribution < -0.4 is 15.4 Å². The Labute approximate surface area is 157 Å². The van der Waals surface area contributed by atoms with Crippen molar-refractivity contribution in [3.8, 4) is 5.75 Å². The van der Waals surface area contributed by atoms with E-state index in [-0.39, 0.29) is 12.3 Å². The average molecular weight is 377 g/mol. The van der Waals surface area contributed by atoms with Crippen molar-refractivity contribution >= 4 is 34.9 Å². The molecule has 138 valence electrons. The molecule has 0 radical (unpaired) electrons. The highest BCUT2D eigenvalue weighted by molar-refractivity contribution is 6.31. The highest BCUT2D eigenvalue weighted by Gasteiger charge is 2.09. The molecule has 1 amide bonds. The highest BCUT2D eigenvalue weighted by atomic mass is 35.5. The van der Waals surface area contributed by atoms with Gasteiger partial charge in [0.15, 0.2) is 0 Å². The molecule has 0 saturated carbocycles. The Bertz CT molecular complexity index is 808. The first-order chi connectivity index (χ1) is 12.4. The molecule has 0 aliphatic carbocycles. The Balaban J connectivity index is 1.92. The van der Waals surface area contributed by atoms with Crippen molar-refractivity contribution in [2.24, 2.45) is 0 Å². The summed E-state index contributed by atoms with van der Waals surface area (Å²) in [4.78, 5) is 23.6. The molecule has 2 aromatic carbocycles. The summed E-state index contributed by atoms with van der Waals surface area (Å²) < 4.78 is 9.96. The second-order valence-electron chi connectivity index (χ2n) is 5.60. The van der Waals surface area contributed by atoms with Gasteiger partial charge in [0.1, 0.15) is 5.75 Å². The normalized spacial score (nSPS) is 10.2. The number of carbonyl (C=O) groups is 2. The third kappa shape index (κ3) is 5.13. The number of amides is 1. The Morgan fingerprint density at radius 3 is 2.62 bits per heavy atom. The number of carbonyl (C=O) groups excluding carboxylic acids is 2. The highest BCUT2D eigenvalue weighted by Crippen LogP contribution is 2.30. The van der Waals surface area contributed by atoms with E-state index < -0.39 is 5.97 Å². The van der Waals surface area contributed by atoms with Crippen LogP contribution in [0.15, 0.2) is 36.4 Å². The Morgan fingerprint density at radius 2 is 1.92 bits per heavy atom. The zero-order valence-corrected chi connectivity index (χ0v) is 15.6. The van der Waals surface area contributed by atoms with Gasteiger partial charge in [0.2, 0.25) is 5.91 Å². The molecule has 0 unspecified atom stereocenters. The van der Waals surface area contributed by atoms with E-state index in [2.05, 4.69) is 15.4 Å². The van der Waals surface area contributed by atoms with Crippen LogP contribution in [0.5, 0.6) is 5.75 Å². The number of hydrogen-bond donors (Lipinski definition) is 2. The number of hydrogen-bond acceptors (Lipinski definition) is 5. The fraction of sp³-hybridized carbons (Fsp3) is 0.263. The minimum Gasteiger partial charge on any atom is -0.495 e. The minimum atomic E-state index is -0.451. The molecule has 26 heavy (non-hydrogen) atoms. The summed E-state index contributed by atoms with van der Waals surface area (Å²) in [5.74, 6) is -0.0103. The van der Waals surface area contributed by atoms with Crippen LogP contribution in [0.4, 0.5) is 11.4 Å². The first kappa shape index (κ1) is 19.6. The van der Waals surface area contributed by atoms with Gasteiger partial charge in [-0.3, -0.25) is 4.79 Å². The molecule has 0 fully saturated rings. The van der Waals surface area contributed by atoms with E-state index in [0.29, 0.717) is 28.6 Å². The number of rotatable bonds is 7. The van der Waals surface area contributed by atoms with E-state index in [1.54, 1.807) is 37.4 Å². The molecule has 7 heteroatoms. The number of nitrogens with one attached hydrogen (secondary N) is 2. The number of ether oxygens (including phenoxy) is 2. The van der Waals surface area contributed by atoms with E-state index in [1.165, 1.54) is 7.11 Å². The summed E-state index contributed by atoms with van der Waals surface area (Å²) in [6, 6.07) is 10.2. The van der Waals surface area contributed by atoms with E-state index in [1.807, 2.05) is 13.0 Å². The topological polar surface area (TPSA) is 76.7 Å². The zero-order chi connectivity index (χ0) is 19.1. The Kier molecular flexibility index (Phi) is 6.86. The molecule has 0 atom stereocenters. The second-order valence-corrected chi connectivity index (χ2v) is 6.01. The van der Waals surface area contributed by atoms with Gasteiger partial charge in [-0.15, -0.1) is 0 Å². The van der Waals surface area contributed by atoms with Crippen LogP contribution in [0.25, 0.3) is 0 Å². The van der Waals surface area contributed by atoms with Gasteiger partial charge >= 0.3 is 5.97 Å². The van der Waals surface area contributed by atoms with E-state index >= 15 is 0 Å². The number of aryl methyl sites for hydroxylation is 1. The molecule has 6 nitrogen and oxygen atoms in total. The van der Waals surface area contributed by atoms with Gasteiger partial charge in [-0.2, -0.15) is 0 Å². The largest absolute Gasteiger partial charge is 0.495 e. The number of methoxy groups -OCH3 is 2. The lowest BCUT2D eigenvalue weighted by molar-refractivity contribution is -0.115. The number of benzene rings is 2. The van der Waals surface area contributed by atoms with Gasteiger partial charge < -0.3 is 20.1 Å². The van der Waals surface area contributed by atoms with Crippen LogP contribution in [0, 0.1) is 6.92 Å². The predicted octanol–water partition coefficient (Wildman–Crippen LogP) is 3.88. The molecule has 0 aliphatic heterocycles. The predicted molar refractivity (Wildman–Crippen MR) is 102 cm³/mol. The van der Waals surface area contributed by atoms with Crippen LogP contribution in [-0.4, -0.2) is 32.6 Å². The fourth-order valence-corrected chi connectivity index (χ4v) is 2.50. The lowest BCUT2D eigenvalue weighted by atomic mass is 10.2. The molecule has 2 aromatic rings. The van der Waals surface area contributed by atoms with Gasteiger partial charge in [0.25, 0.3) is 0 Å². The standard InChI is InChI=1S/C19H21ClN2O4/c1-12-9-16(17(25-2)11-15(12)20)21-8-7-18(23)22-14-6-4-5-13(10-14)19(24)26-3/h4-6,9-11,21H,7-8H2,1-3H3,(H,22,23). The van der Waals surface area contributed by atoms with Crippen LogP contribution in [0.2, 0.25) is 5.02 Å². The van der Waals surface area contributed by atoms with Crippen molar-refractivity contribution in [1.82, 2.24) is 0 Å². The van der Waals surface area contributed by atoms with Crippen molar-refractivity contribution in [3.63, 3.8) is 0 Å². The molecule has 0 bridgehead atoms. The van der Waals surface area contributed by atoms with E-state index in [4.69, 9.17) is 16.3 Å². The minimum absolute atomic E-state index is 0.177. The zero-order valence-electron chi connectivity index (χ0n) is 14.9. The smallest absolute Gasteiger partial charge is 0.337 e. The summed E-state index contributed by atoms with van der Waals surface area (Å²) in [6.07, 6.45) is 0.243. The van der Waals surface area contributed by atoms with Crippen molar-refractivity contribution in [3.05, 3.63) is 52.5 Å². The lowest BCUT2D eigenvalue weighted by Gasteiger charge is -2.13. The van der Waals surface area contributed by atoms with Gasteiger partial charge in [-0.05, 0) is 36.8 Å². The van der Waals surface area contributed by atoms with Crippen LogP contribution >= 0.6 is 11.6 Å². The quantitative estimate of drug-likeness (QED) is 0.717. The SMILES string of the molecule is COC(=O)c1cccc(NC(=O)CCNc2cc(C)c(Cl)cc2OC)c1. The number of esters is 1. The Morgan fingerprint density at radius 1 is 1.15 bits per heavy atom. The van der Waals surface area contributed by atoms with E-state index in [0.717, 1.165) is 11.3 Å². The fourth-order valence-electron chi connectivity index (χ4n) is 2.35. The molecule has 0 spiro atoms. The lowest BCUT2D eigenvalue weighted by Crippen LogP contribution is -2.17. The van der Waals surface area contributed by atoms with Crippen LogP contribution in [-0.2, 0) is 9.53 Å². The van der Waals surface area contributed by atoms with Crippen LogP contribution in [0.3, 0.4) is 0 Å². The first-order valence-corrected chi connectivity index (χ1v) is 8.38. The molecule has 0 heterocycles. The molecule has 0 aromatic heterocycles. The maximum Gasteiger partial charge on any atom is 0.337 e. The van der Waals surface area contributed by atoms with Crippen molar-refractivity contribution in [2.45, 2.75) is 13.3 Å². The van der Waals surface area contributed by atoms with Crippen LogP contribution in [0.1, 0.15) is 22.3 Å². The van der Waals surface area contributed by atoms with Crippen molar-refractivity contribution < 1.29 is 19.1 Å². The molecule has 2 rings (SSSR count). The van der Waals surface area contributed by atoms with Crippen molar-refractivity contribution in [2.75, 3.05) is 31.4 Å². The summed E-state index contributed by atoms with van der Waals surface area (Å²) in [5.41, 5.74) is 2.61. The van der Waals surface area contributed by atoms with Gasteiger partial charge in [-0.25, -0.2) is 4.79 Å². The van der Waals surface area contributed by atoms with Gasteiger partial charge in [-0.1, -0.05) is 17.7 Å². The summed E-state index contributed by atoms with van der Waals surface area (Å²) in [5, 5.41) is 6.55. The number of halogens is 1. The maximum absolute atomic E-state index is 12.1. The Hall–Kier alpha value is -2.73. The molecular formula is C19H21ClN2O4. The molecule has 0 aliphatic rings. The van der Waals surface area contributed by atoms with Gasteiger partial charge in [0, 0.05) is 29.7 Å². The second kappa shape index (κ2) is 9.10. The van der Waals surface area contributed by atoms with Gasteiger partial charge in [0.05, 0.1) is 25.5 Å². The average Bonchev–Trinajstić information content (AvgIpc) is 2.63. The molecule has 0 saturated heterocycles. The first-order valence-electron chi connectivity index (χ1n) is 8.01. The molecular weight excluding hydrogens is 356 g/mol. The monoisotopic (exact) mass is 376 g/mol. The summed E-state index contributed by atoms with van der Waals surface area (Å²) in [6.45, 7) is 2.31. The summed E-state index contributed by atoms with van der Waals surface area (Å²) >= 11 is 6.08. The molecule has 2 N–H and O–H groups in total. The maximum atomic E-state index is 12.1. The number of anilines is 2.